The lowest BCUT2D eigenvalue weighted by atomic mass is 9.73. The second-order valence-corrected chi connectivity index (χ2v) is 17.4. The highest BCUT2D eigenvalue weighted by Crippen LogP contribution is 2.88. The molecule has 6 amide bonds. The number of carbonyl (C=O) groups excluding carboxylic acids is 6. The number of rotatable bonds is 11. The highest BCUT2D eigenvalue weighted by Gasteiger charge is 2.85. The molecule has 2 heterocycles. The quantitative estimate of drug-likeness (QED) is 0.205. The van der Waals surface area contributed by atoms with Crippen molar-refractivity contribution in [2.24, 2.45) is 39.2 Å². The monoisotopic (exact) mass is 685 g/mol. The van der Waals surface area contributed by atoms with E-state index in [-0.39, 0.29) is 39.9 Å². The first-order valence-electron chi connectivity index (χ1n) is 18.4. The van der Waals surface area contributed by atoms with Crippen molar-refractivity contribution in [1.82, 2.24) is 31.1 Å². The van der Waals surface area contributed by atoms with Crippen molar-refractivity contribution in [2.75, 3.05) is 32.7 Å². The summed E-state index contributed by atoms with van der Waals surface area (Å²) in [7, 11) is 0. The minimum absolute atomic E-state index is 0.0266. The molecule has 49 heavy (non-hydrogen) atoms. The summed E-state index contributed by atoms with van der Waals surface area (Å²) in [4.78, 5) is 84.2. The minimum Gasteiger partial charge on any atom is -0.363 e. The van der Waals surface area contributed by atoms with Gasteiger partial charge in [-0.25, -0.2) is 4.79 Å². The second-order valence-electron chi connectivity index (χ2n) is 17.4. The molecule has 2 aliphatic heterocycles. The number of ketones is 1. The maximum Gasteiger partial charge on any atom is 0.316 e. The van der Waals surface area contributed by atoms with Crippen LogP contribution < -0.4 is 27.0 Å². The summed E-state index contributed by atoms with van der Waals surface area (Å²) in [6.45, 7) is 16.6. The first-order chi connectivity index (χ1) is 22.9. The molecule has 13 heteroatoms. The van der Waals surface area contributed by atoms with E-state index in [4.69, 9.17) is 5.73 Å². The zero-order chi connectivity index (χ0) is 36.1. The Kier molecular flexibility index (Phi) is 10.2. The molecule has 0 bridgehead atoms. The summed E-state index contributed by atoms with van der Waals surface area (Å²) in [6, 6.07) is -4.35. The van der Waals surface area contributed by atoms with Gasteiger partial charge < -0.3 is 36.8 Å². The maximum absolute atomic E-state index is 14.7. The van der Waals surface area contributed by atoms with Gasteiger partial charge in [0.05, 0.1) is 6.04 Å². The summed E-state index contributed by atoms with van der Waals surface area (Å²) in [6.07, 6.45) is 6.82. The fourth-order valence-corrected chi connectivity index (χ4v) is 9.52. The molecule has 2 spiro atoms. The van der Waals surface area contributed by atoms with Crippen molar-refractivity contribution in [3.63, 3.8) is 0 Å². The molecule has 0 radical (unpaired) electrons. The lowest BCUT2D eigenvalue weighted by Gasteiger charge is -2.37. The van der Waals surface area contributed by atoms with Gasteiger partial charge in [-0.1, -0.05) is 74.1 Å². The van der Waals surface area contributed by atoms with Crippen molar-refractivity contribution in [1.29, 1.82) is 0 Å². The van der Waals surface area contributed by atoms with Crippen LogP contribution in [-0.2, 0) is 24.0 Å². The van der Waals surface area contributed by atoms with Gasteiger partial charge in [-0.3, -0.25) is 24.0 Å². The number of nitrogens with zero attached hydrogens (tertiary/aromatic N) is 2. The Morgan fingerprint density at radius 1 is 0.898 bits per heavy atom. The molecule has 5 fully saturated rings. The molecule has 13 nitrogen and oxygen atoms in total. The summed E-state index contributed by atoms with van der Waals surface area (Å²) in [5, 5.41) is 11.8. The van der Waals surface area contributed by atoms with E-state index in [1.165, 1.54) is 0 Å². The van der Waals surface area contributed by atoms with Crippen molar-refractivity contribution in [3.05, 3.63) is 0 Å². The second kappa shape index (κ2) is 13.5. The van der Waals surface area contributed by atoms with E-state index < -0.39 is 53.2 Å². The van der Waals surface area contributed by atoms with Gasteiger partial charge in [-0.2, -0.15) is 0 Å². The highest BCUT2D eigenvalue weighted by molar-refractivity contribution is 6.37. The Morgan fingerprint density at radius 3 is 2.00 bits per heavy atom. The van der Waals surface area contributed by atoms with E-state index in [9.17, 15) is 28.8 Å². The van der Waals surface area contributed by atoms with Gasteiger partial charge in [0.1, 0.15) is 18.1 Å². The third-order valence-electron chi connectivity index (χ3n) is 13.1. The van der Waals surface area contributed by atoms with E-state index >= 15 is 0 Å². The van der Waals surface area contributed by atoms with Gasteiger partial charge in [0, 0.05) is 38.1 Å². The van der Waals surface area contributed by atoms with E-state index in [0.717, 1.165) is 38.5 Å². The van der Waals surface area contributed by atoms with Gasteiger partial charge >= 0.3 is 6.03 Å². The summed E-state index contributed by atoms with van der Waals surface area (Å²) < 4.78 is 0. The lowest BCUT2D eigenvalue weighted by Crippen LogP contribution is -2.62. The van der Waals surface area contributed by atoms with E-state index in [0.29, 0.717) is 45.6 Å². The van der Waals surface area contributed by atoms with Crippen LogP contribution in [0.3, 0.4) is 0 Å². The van der Waals surface area contributed by atoms with Crippen LogP contribution in [0.15, 0.2) is 0 Å². The minimum atomic E-state index is -1.09. The third-order valence-corrected chi connectivity index (χ3v) is 13.1. The molecule has 5 rings (SSSR count). The number of hydrogen-bond donors (Lipinski definition) is 5. The van der Waals surface area contributed by atoms with E-state index in [1.54, 1.807) is 9.80 Å². The molecule has 0 aromatic rings. The standard InChI is InChI=1S/C36H59N7O6/c1-21(2)25(30(47)42-16-14-38-15-17-42)40-32(49)41-27(33(3,4)5)31(48)43-20-36(34(6,7)35(36)12-9-13-35)19-24(43)29(46)39-23(26(44)28(37)45)18-22-10-8-11-22/h21-25,27,38H,8-20H2,1-7H3,(H2,37,45)(H,39,46)(H2,40,41,49)/t23?,24?,25-,27+,36?/m0/s1. The lowest BCUT2D eigenvalue weighted by molar-refractivity contribution is -0.143. The Hall–Kier alpha value is -3.22. The van der Waals surface area contributed by atoms with Crippen LogP contribution in [0.4, 0.5) is 4.79 Å². The zero-order valence-electron chi connectivity index (χ0n) is 30.6. The summed E-state index contributed by atoms with van der Waals surface area (Å²) >= 11 is 0. The predicted molar refractivity (Wildman–Crippen MR) is 184 cm³/mol. The molecular weight excluding hydrogens is 626 g/mol. The smallest absolute Gasteiger partial charge is 0.316 e. The van der Waals surface area contributed by atoms with Crippen LogP contribution in [0.25, 0.3) is 0 Å². The number of urea groups is 1. The normalized spacial score (nSPS) is 27.5. The first kappa shape index (κ1) is 37.0. The number of primary amides is 1. The Labute approximate surface area is 291 Å². The largest absolute Gasteiger partial charge is 0.363 e. The van der Waals surface area contributed by atoms with Gasteiger partial charge in [0.15, 0.2) is 0 Å². The average Bonchev–Trinajstić information content (AvgIpc) is 3.21. The molecule has 5 aliphatic rings. The summed E-state index contributed by atoms with van der Waals surface area (Å²) in [5.41, 5.74) is 4.30. The molecule has 3 saturated carbocycles. The Balaban J connectivity index is 1.38. The van der Waals surface area contributed by atoms with Crippen molar-refractivity contribution in [3.8, 4) is 0 Å². The van der Waals surface area contributed by atoms with Gasteiger partial charge in [-0.15, -0.1) is 0 Å². The van der Waals surface area contributed by atoms with Crippen LogP contribution in [0.2, 0.25) is 0 Å². The summed E-state index contributed by atoms with van der Waals surface area (Å²) in [5.74, 6) is -2.89. The number of nitrogens with one attached hydrogen (secondary N) is 4. The SMILES string of the molecule is CC(C)[C@H](NC(=O)N[C@H](C(=O)N1CC2(CC1C(=O)NC(CC1CCC1)C(=O)C(N)=O)C(C)(C)C21CCC1)C(C)(C)C)C(=O)N1CCNCC1. The van der Waals surface area contributed by atoms with Crippen LogP contribution in [0.1, 0.15) is 99.8 Å². The maximum atomic E-state index is 14.7. The third kappa shape index (κ3) is 6.56. The molecular formula is C36H59N7O6. The number of nitrogens with two attached hydrogens (primary N) is 1. The molecule has 0 aromatic carbocycles. The Bertz CT molecular complexity index is 1340. The van der Waals surface area contributed by atoms with Crippen LogP contribution in [0.5, 0.6) is 0 Å². The highest BCUT2D eigenvalue weighted by atomic mass is 16.2. The number of carbonyl (C=O) groups is 6. The van der Waals surface area contributed by atoms with Crippen molar-refractivity contribution >= 4 is 35.4 Å². The van der Waals surface area contributed by atoms with Crippen LogP contribution in [-0.4, -0.2) is 102 Å². The average molecular weight is 686 g/mol. The molecule has 3 aliphatic carbocycles. The van der Waals surface area contributed by atoms with Crippen LogP contribution in [0, 0.1) is 33.5 Å². The molecule has 0 aromatic heterocycles. The number of amides is 6. The van der Waals surface area contributed by atoms with E-state index in [1.807, 2.05) is 34.6 Å². The first-order valence-corrected chi connectivity index (χ1v) is 18.4. The molecule has 6 N–H and O–H groups in total. The van der Waals surface area contributed by atoms with Crippen molar-refractivity contribution in [2.45, 2.75) is 124 Å². The zero-order valence-corrected chi connectivity index (χ0v) is 30.6. The van der Waals surface area contributed by atoms with Crippen molar-refractivity contribution < 1.29 is 28.8 Å². The number of Topliss-reactive ketones (excluding diaryl/α,β-unsaturated/α-hetero) is 1. The molecule has 274 valence electrons. The predicted octanol–water partition coefficient (Wildman–Crippen LogP) is 1.68. The number of piperazine rings is 1. The topological polar surface area (TPSA) is 183 Å². The number of likely N-dealkylation sites (tertiary alicyclic amines) is 1. The van der Waals surface area contributed by atoms with Crippen LogP contribution >= 0.6 is 0 Å². The number of fused-ring (bicyclic) bond motifs is 1. The molecule has 5 atom stereocenters. The van der Waals surface area contributed by atoms with Gasteiger partial charge in [0.25, 0.3) is 5.91 Å². The Morgan fingerprint density at radius 2 is 1.53 bits per heavy atom. The van der Waals surface area contributed by atoms with Gasteiger partial charge in [-0.05, 0) is 53.8 Å². The van der Waals surface area contributed by atoms with E-state index in [2.05, 4.69) is 35.1 Å². The number of hydrogen-bond acceptors (Lipinski definition) is 7. The fraction of sp³-hybridized carbons (Fsp3) is 0.833. The van der Waals surface area contributed by atoms with Gasteiger partial charge in [0.2, 0.25) is 23.5 Å². The molecule has 3 unspecified atom stereocenters. The molecule has 2 saturated heterocycles. The fourth-order valence-electron chi connectivity index (χ4n) is 9.52.